The molecular formula is C34H26N6O6. The molecule has 7 rings (SSSR count). The van der Waals surface area contributed by atoms with E-state index >= 15 is 0 Å². The van der Waals surface area contributed by atoms with Crippen molar-refractivity contribution in [3.05, 3.63) is 163 Å². The van der Waals surface area contributed by atoms with E-state index in [0.717, 1.165) is 21.3 Å². The summed E-state index contributed by atoms with van der Waals surface area (Å²) in [5.74, 6) is 0. The van der Waals surface area contributed by atoms with E-state index in [4.69, 9.17) is 0 Å². The maximum absolute atomic E-state index is 14.0. The Morgan fingerprint density at radius 1 is 0.457 bits per heavy atom. The standard InChI is InChI=1S/C32H20N6O6.C2H6/c39-31-33(21-11-3-1-4-12-21)23-15-7-9-17-25(23)35(31)27-19-30(38(43)44)28(20-29(27)37(41)42)36-26-18-10-8-16-24(26)34(32(36)40)22-13-5-2-6-14-22;1-2/h1-20H;1-2H3. The van der Waals surface area contributed by atoms with Gasteiger partial charge in [-0.05, 0) is 48.5 Å². The Balaban J connectivity index is 0.00000182. The highest BCUT2D eigenvalue weighted by molar-refractivity contribution is 5.84. The van der Waals surface area contributed by atoms with E-state index in [0.29, 0.717) is 33.4 Å². The smallest absolute Gasteiger partial charge is 0.260 e. The molecule has 5 aromatic carbocycles. The number of rotatable bonds is 6. The van der Waals surface area contributed by atoms with Crippen molar-refractivity contribution in [1.82, 2.24) is 18.3 Å². The second-order valence-corrected chi connectivity index (χ2v) is 9.90. The lowest BCUT2D eigenvalue weighted by molar-refractivity contribution is -0.388. The van der Waals surface area contributed by atoms with Crippen molar-refractivity contribution in [2.75, 3.05) is 0 Å². The molecule has 0 saturated carbocycles. The van der Waals surface area contributed by atoms with Crippen molar-refractivity contribution < 1.29 is 9.85 Å². The second-order valence-electron chi connectivity index (χ2n) is 9.90. The second kappa shape index (κ2) is 11.8. The van der Waals surface area contributed by atoms with Crippen molar-refractivity contribution in [3.8, 4) is 22.7 Å². The number of aromatic nitrogens is 4. The first-order valence-electron chi connectivity index (χ1n) is 14.4. The zero-order chi connectivity index (χ0) is 32.5. The van der Waals surface area contributed by atoms with E-state index < -0.39 is 32.6 Å². The predicted molar refractivity (Wildman–Crippen MR) is 176 cm³/mol. The van der Waals surface area contributed by atoms with Gasteiger partial charge >= 0.3 is 11.4 Å². The molecule has 0 saturated heterocycles. The third-order valence-corrected chi connectivity index (χ3v) is 7.47. The van der Waals surface area contributed by atoms with Crippen LogP contribution in [0.1, 0.15) is 13.8 Å². The van der Waals surface area contributed by atoms with Crippen LogP contribution in [0.4, 0.5) is 11.4 Å². The maximum atomic E-state index is 14.0. The van der Waals surface area contributed by atoms with Gasteiger partial charge in [-0.2, -0.15) is 0 Å². The highest BCUT2D eigenvalue weighted by atomic mass is 16.6. The van der Waals surface area contributed by atoms with Gasteiger partial charge in [0.05, 0.1) is 43.3 Å². The SMILES string of the molecule is CC.O=c1n(-c2ccccc2)c2ccccc2n1-c1cc([N+](=O)[O-])c(-n2c(=O)n(-c3ccccc3)c3ccccc32)cc1[N+](=O)[O-]. The van der Waals surface area contributed by atoms with E-state index in [9.17, 15) is 29.8 Å². The average Bonchev–Trinajstić information content (AvgIpc) is 3.55. The summed E-state index contributed by atoms with van der Waals surface area (Å²) < 4.78 is 4.95. The van der Waals surface area contributed by atoms with Crippen LogP contribution in [0.15, 0.2) is 131 Å². The van der Waals surface area contributed by atoms with E-state index in [1.807, 2.05) is 13.8 Å². The quantitative estimate of drug-likeness (QED) is 0.150. The van der Waals surface area contributed by atoms with Crippen molar-refractivity contribution in [1.29, 1.82) is 0 Å². The first kappa shape index (κ1) is 29.5. The van der Waals surface area contributed by atoms with Gasteiger partial charge in [0.1, 0.15) is 11.4 Å². The van der Waals surface area contributed by atoms with E-state index in [2.05, 4.69) is 0 Å². The monoisotopic (exact) mass is 614 g/mol. The lowest BCUT2D eigenvalue weighted by Gasteiger charge is -2.10. The average molecular weight is 615 g/mol. The number of hydrogen-bond acceptors (Lipinski definition) is 6. The summed E-state index contributed by atoms with van der Waals surface area (Å²) in [4.78, 5) is 51.7. The normalized spacial score (nSPS) is 10.9. The molecule has 12 heteroatoms. The molecule has 0 aliphatic carbocycles. The van der Waals surface area contributed by atoms with Gasteiger partial charge < -0.3 is 0 Å². The molecule has 12 nitrogen and oxygen atoms in total. The molecule has 0 spiro atoms. The largest absolute Gasteiger partial charge is 0.338 e. The number of para-hydroxylation sites is 6. The summed E-state index contributed by atoms with van der Waals surface area (Å²) in [7, 11) is 0. The van der Waals surface area contributed by atoms with Crippen LogP contribution in [0.5, 0.6) is 0 Å². The molecule has 0 aliphatic heterocycles. The van der Waals surface area contributed by atoms with Crippen molar-refractivity contribution in [2.24, 2.45) is 0 Å². The molecule has 0 atom stereocenters. The van der Waals surface area contributed by atoms with Gasteiger partial charge in [0.2, 0.25) is 0 Å². The lowest BCUT2D eigenvalue weighted by Crippen LogP contribution is -2.24. The summed E-state index contributed by atoms with van der Waals surface area (Å²) in [5, 5.41) is 25.2. The minimum absolute atomic E-state index is 0.304. The Hall–Kier alpha value is -6.56. The van der Waals surface area contributed by atoms with Crippen molar-refractivity contribution in [2.45, 2.75) is 13.8 Å². The Kier molecular flexibility index (Phi) is 7.60. The molecule has 2 heterocycles. The van der Waals surface area contributed by atoms with E-state index in [1.165, 1.54) is 9.13 Å². The fourth-order valence-electron chi connectivity index (χ4n) is 5.62. The van der Waals surface area contributed by atoms with Gasteiger partial charge in [-0.15, -0.1) is 0 Å². The summed E-state index contributed by atoms with van der Waals surface area (Å²) in [6.45, 7) is 4.00. The fraction of sp³-hybridized carbons (Fsp3) is 0.0588. The summed E-state index contributed by atoms with van der Waals surface area (Å²) >= 11 is 0. The number of fused-ring (bicyclic) bond motifs is 2. The molecule has 0 N–H and O–H groups in total. The van der Waals surface area contributed by atoms with Crippen LogP contribution in [-0.4, -0.2) is 28.1 Å². The van der Waals surface area contributed by atoms with E-state index in [-0.39, 0.29) is 11.4 Å². The lowest BCUT2D eigenvalue weighted by atomic mass is 10.2. The molecular weight excluding hydrogens is 588 g/mol. The van der Waals surface area contributed by atoms with Gasteiger partial charge in [-0.25, -0.2) is 9.59 Å². The van der Waals surface area contributed by atoms with Crippen molar-refractivity contribution >= 4 is 33.4 Å². The molecule has 7 aromatic rings. The molecule has 0 aliphatic rings. The van der Waals surface area contributed by atoms with Crippen LogP contribution < -0.4 is 11.4 Å². The Bertz CT molecular complexity index is 2220. The third kappa shape index (κ3) is 4.65. The highest BCUT2D eigenvalue weighted by Crippen LogP contribution is 2.36. The topological polar surface area (TPSA) is 140 Å². The molecule has 228 valence electrons. The van der Waals surface area contributed by atoms with Gasteiger partial charge in [0.15, 0.2) is 0 Å². The number of nitrogens with zero attached hydrogens (tertiary/aromatic N) is 6. The Morgan fingerprint density at radius 2 is 0.739 bits per heavy atom. The Morgan fingerprint density at radius 3 is 1.04 bits per heavy atom. The molecule has 2 aromatic heterocycles. The van der Waals surface area contributed by atoms with Crippen molar-refractivity contribution in [3.63, 3.8) is 0 Å². The molecule has 0 unspecified atom stereocenters. The predicted octanol–water partition coefficient (Wildman–Crippen LogP) is 6.72. The number of hydrogen-bond donors (Lipinski definition) is 0. The third-order valence-electron chi connectivity index (χ3n) is 7.47. The van der Waals surface area contributed by atoms with Crippen LogP contribution in [0.2, 0.25) is 0 Å². The number of imidazole rings is 2. The van der Waals surface area contributed by atoms with Gasteiger partial charge in [-0.1, -0.05) is 74.5 Å². The van der Waals surface area contributed by atoms with Gasteiger partial charge in [0.25, 0.3) is 11.4 Å². The maximum Gasteiger partial charge on any atom is 0.338 e. The number of nitro benzene ring substituents is 2. The van der Waals surface area contributed by atoms with Crippen LogP contribution in [0.3, 0.4) is 0 Å². The number of benzene rings is 5. The van der Waals surface area contributed by atoms with Crippen LogP contribution in [-0.2, 0) is 0 Å². The Labute approximate surface area is 260 Å². The first-order valence-corrected chi connectivity index (χ1v) is 14.4. The first-order chi connectivity index (χ1) is 22.4. The van der Waals surface area contributed by atoms with Crippen LogP contribution in [0.25, 0.3) is 44.8 Å². The molecule has 0 bridgehead atoms. The molecule has 46 heavy (non-hydrogen) atoms. The van der Waals surface area contributed by atoms with E-state index in [1.54, 1.807) is 109 Å². The van der Waals surface area contributed by atoms with Crippen LogP contribution >= 0.6 is 0 Å². The zero-order valence-electron chi connectivity index (χ0n) is 24.7. The number of nitro groups is 2. The molecule has 0 amide bonds. The summed E-state index contributed by atoms with van der Waals surface area (Å²) in [5.41, 5.74) is -0.544. The highest BCUT2D eigenvalue weighted by Gasteiger charge is 2.31. The minimum Gasteiger partial charge on any atom is -0.260 e. The molecule has 0 fully saturated rings. The zero-order valence-corrected chi connectivity index (χ0v) is 24.7. The summed E-state index contributed by atoms with van der Waals surface area (Å²) in [6, 6.07) is 32.8. The molecule has 0 radical (unpaired) electrons. The van der Waals surface area contributed by atoms with Gasteiger partial charge in [-0.3, -0.25) is 38.5 Å². The fourth-order valence-corrected chi connectivity index (χ4v) is 5.62. The van der Waals surface area contributed by atoms with Crippen LogP contribution in [0, 0.1) is 20.2 Å². The summed E-state index contributed by atoms with van der Waals surface area (Å²) in [6.07, 6.45) is 0. The minimum atomic E-state index is -0.717. The van der Waals surface area contributed by atoms with Gasteiger partial charge in [0, 0.05) is 12.1 Å².